The van der Waals surface area contributed by atoms with Crippen molar-refractivity contribution in [3.63, 3.8) is 0 Å². The second-order valence-corrected chi connectivity index (χ2v) is 3.84. The molecule has 92 valence electrons. The summed E-state index contributed by atoms with van der Waals surface area (Å²) < 4.78 is 7.35. The molecule has 0 aromatic carbocycles. The standard InChI is InChI=1S/C11H22N4O/c1-4-6-10(16-3)11(14-12)9-7-13-15(5-2)8-9/h7-8,10-11,14H,4-6,12H2,1-3H3. The Hall–Kier alpha value is -0.910. The molecule has 0 aliphatic rings. The first-order valence-electron chi connectivity index (χ1n) is 5.78. The van der Waals surface area contributed by atoms with Gasteiger partial charge in [-0.1, -0.05) is 13.3 Å². The van der Waals surface area contributed by atoms with E-state index in [0.717, 1.165) is 24.9 Å². The molecule has 1 heterocycles. The number of hydrazine groups is 1. The molecule has 16 heavy (non-hydrogen) atoms. The highest BCUT2D eigenvalue weighted by atomic mass is 16.5. The van der Waals surface area contributed by atoms with E-state index in [9.17, 15) is 0 Å². The van der Waals surface area contributed by atoms with Crippen molar-refractivity contribution in [1.82, 2.24) is 15.2 Å². The smallest absolute Gasteiger partial charge is 0.0780 e. The fourth-order valence-corrected chi connectivity index (χ4v) is 1.84. The van der Waals surface area contributed by atoms with Crippen LogP contribution in [0.3, 0.4) is 0 Å². The SMILES string of the molecule is CCCC(OC)C(NN)c1cnn(CC)c1. The Balaban J connectivity index is 2.78. The van der Waals surface area contributed by atoms with Crippen molar-refractivity contribution in [3.05, 3.63) is 18.0 Å². The molecule has 0 fully saturated rings. The van der Waals surface area contributed by atoms with Crippen molar-refractivity contribution < 1.29 is 4.74 Å². The normalized spacial score (nSPS) is 15.0. The zero-order valence-electron chi connectivity index (χ0n) is 10.3. The molecule has 3 N–H and O–H groups in total. The maximum absolute atomic E-state index is 5.60. The second-order valence-electron chi connectivity index (χ2n) is 3.84. The zero-order chi connectivity index (χ0) is 12.0. The molecule has 0 amide bonds. The minimum atomic E-state index is 0.00486. The van der Waals surface area contributed by atoms with Gasteiger partial charge >= 0.3 is 0 Å². The molecule has 0 saturated heterocycles. The fourth-order valence-electron chi connectivity index (χ4n) is 1.84. The Morgan fingerprint density at radius 1 is 1.56 bits per heavy atom. The molecule has 0 radical (unpaired) electrons. The Labute approximate surface area is 96.9 Å². The predicted octanol–water partition coefficient (Wildman–Crippen LogP) is 1.22. The average molecular weight is 226 g/mol. The van der Waals surface area contributed by atoms with Gasteiger partial charge in [-0.3, -0.25) is 16.0 Å². The lowest BCUT2D eigenvalue weighted by atomic mass is 10.0. The largest absolute Gasteiger partial charge is 0.379 e. The van der Waals surface area contributed by atoms with Crippen LogP contribution in [0.5, 0.6) is 0 Å². The van der Waals surface area contributed by atoms with Crippen molar-refractivity contribution >= 4 is 0 Å². The lowest BCUT2D eigenvalue weighted by Crippen LogP contribution is -2.37. The molecule has 5 nitrogen and oxygen atoms in total. The Bertz CT molecular complexity index is 300. The van der Waals surface area contributed by atoms with E-state index in [2.05, 4.69) is 24.4 Å². The van der Waals surface area contributed by atoms with Crippen LogP contribution >= 0.6 is 0 Å². The lowest BCUT2D eigenvalue weighted by Gasteiger charge is -2.24. The van der Waals surface area contributed by atoms with Gasteiger partial charge in [-0.2, -0.15) is 5.10 Å². The third kappa shape index (κ3) is 3.04. The number of nitrogens with zero attached hydrogens (tertiary/aromatic N) is 2. The summed E-state index contributed by atoms with van der Waals surface area (Å²) in [5.41, 5.74) is 3.89. The van der Waals surface area contributed by atoms with E-state index >= 15 is 0 Å². The third-order valence-electron chi connectivity index (χ3n) is 2.76. The maximum Gasteiger partial charge on any atom is 0.0780 e. The van der Waals surface area contributed by atoms with Gasteiger partial charge < -0.3 is 4.74 Å². The van der Waals surface area contributed by atoms with Gasteiger partial charge in [0.1, 0.15) is 0 Å². The van der Waals surface area contributed by atoms with E-state index in [1.807, 2.05) is 17.1 Å². The van der Waals surface area contributed by atoms with Crippen molar-refractivity contribution in [2.24, 2.45) is 5.84 Å². The topological polar surface area (TPSA) is 65.1 Å². The monoisotopic (exact) mass is 226 g/mol. The Kier molecular flexibility index (Phi) is 5.45. The number of methoxy groups -OCH3 is 1. The number of aryl methyl sites for hydroxylation is 1. The van der Waals surface area contributed by atoms with Gasteiger partial charge in [-0.05, 0) is 13.3 Å². The van der Waals surface area contributed by atoms with Crippen LogP contribution in [0, 0.1) is 0 Å². The van der Waals surface area contributed by atoms with Crippen LogP contribution in [-0.2, 0) is 11.3 Å². The van der Waals surface area contributed by atoms with Crippen molar-refractivity contribution in [2.75, 3.05) is 7.11 Å². The molecular weight excluding hydrogens is 204 g/mol. The van der Waals surface area contributed by atoms with Crippen LogP contribution in [-0.4, -0.2) is 23.0 Å². The molecule has 5 heteroatoms. The molecule has 1 aromatic heterocycles. The highest BCUT2D eigenvalue weighted by molar-refractivity contribution is 5.12. The second kappa shape index (κ2) is 6.62. The van der Waals surface area contributed by atoms with Gasteiger partial charge in [0.2, 0.25) is 0 Å². The highest BCUT2D eigenvalue weighted by Gasteiger charge is 2.22. The van der Waals surface area contributed by atoms with Crippen LogP contribution in [0.2, 0.25) is 0 Å². The van der Waals surface area contributed by atoms with Gasteiger partial charge in [0.05, 0.1) is 18.3 Å². The van der Waals surface area contributed by atoms with Gasteiger partial charge in [-0.25, -0.2) is 0 Å². The first-order valence-corrected chi connectivity index (χ1v) is 5.78. The molecule has 1 aromatic rings. The molecule has 2 unspecified atom stereocenters. The van der Waals surface area contributed by atoms with Crippen molar-refractivity contribution in [2.45, 2.75) is 45.4 Å². The van der Waals surface area contributed by atoms with Gasteiger partial charge in [0.25, 0.3) is 0 Å². The Morgan fingerprint density at radius 3 is 2.75 bits per heavy atom. The van der Waals surface area contributed by atoms with Crippen LogP contribution in [0.25, 0.3) is 0 Å². The molecule has 2 atom stereocenters. The van der Waals surface area contributed by atoms with E-state index in [0.29, 0.717) is 0 Å². The van der Waals surface area contributed by atoms with E-state index in [-0.39, 0.29) is 12.1 Å². The van der Waals surface area contributed by atoms with Crippen LogP contribution in [0.1, 0.15) is 38.3 Å². The summed E-state index contributed by atoms with van der Waals surface area (Å²) in [6.07, 6.45) is 5.98. The summed E-state index contributed by atoms with van der Waals surface area (Å²) >= 11 is 0. The summed E-state index contributed by atoms with van der Waals surface area (Å²) in [5.74, 6) is 5.60. The minimum absolute atomic E-state index is 0.00486. The zero-order valence-corrected chi connectivity index (χ0v) is 10.3. The first-order chi connectivity index (χ1) is 7.76. The predicted molar refractivity (Wildman–Crippen MR) is 63.7 cm³/mol. The highest BCUT2D eigenvalue weighted by Crippen LogP contribution is 2.21. The van der Waals surface area contributed by atoms with Gasteiger partial charge in [-0.15, -0.1) is 0 Å². The Morgan fingerprint density at radius 2 is 2.31 bits per heavy atom. The third-order valence-corrected chi connectivity index (χ3v) is 2.76. The lowest BCUT2D eigenvalue weighted by molar-refractivity contribution is 0.0606. The molecule has 0 bridgehead atoms. The molecule has 0 spiro atoms. The van der Waals surface area contributed by atoms with Crippen LogP contribution in [0.4, 0.5) is 0 Å². The summed E-state index contributed by atoms with van der Waals surface area (Å²) in [5, 5.41) is 4.25. The van der Waals surface area contributed by atoms with Crippen molar-refractivity contribution in [3.8, 4) is 0 Å². The fraction of sp³-hybridized carbons (Fsp3) is 0.727. The summed E-state index contributed by atoms with van der Waals surface area (Å²) in [6.45, 7) is 5.05. The summed E-state index contributed by atoms with van der Waals surface area (Å²) in [7, 11) is 1.72. The van der Waals surface area contributed by atoms with E-state index < -0.39 is 0 Å². The van der Waals surface area contributed by atoms with Gasteiger partial charge in [0, 0.05) is 25.4 Å². The molecule has 0 aliphatic heterocycles. The number of hydrogen-bond donors (Lipinski definition) is 2. The number of nitrogens with one attached hydrogen (secondary N) is 1. The molecule has 0 saturated carbocycles. The molecule has 1 rings (SSSR count). The maximum atomic E-state index is 5.60. The van der Waals surface area contributed by atoms with E-state index in [1.165, 1.54) is 0 Å². The summed E-state index contributed by atoms with van der Waals surface area (Å²) in [4.78, 5) is 0. The quantitative estimate of drug-likeness (QED) is 0.542. The van der Waals surface area contributed by atoms with E-state index in [4.69, 9.17) is 10.6 Å². The minimum Gasteiger partial charge on any atom is -0.379 e. The number of aromatic nitrogens is 2. The number of nitrogens with two attached hydrogens (primary N) is 1. The van der Waals surface area contributed by atoms with Crippen LogP contribution < -0.4 is 11.3 Å². The van der Waals surface area contributed by atoms with Crippen LogP contribution in [0.15, 0.2) is 12.4 Å². The number of hydrogen-bond acceptors (Lipinski definition) is 4. The molecular formula is C11H22N4O. The van der Waals surface area contributed by atoms with E-state index in [1.54, 1.807) is 7.11 Å². The number of ether oxygens (including phenoxy) is 1. The summed E-state index contributed by atoms with van der Waals surface area (Å²) in [6, 6.07) is 0.00486. The molecule has 0 aliphatic carbocycles. The average Bonchev–Trinajstić information content (AvgIpc) is 2.77. The van der Waals surface area contributed by atoms with Gasteiger partial charge in [0.15, 0.2) is 0 Å². The van der Waals surface area contributed by atoms with Crippen molar-refractivity contribution in [1.29, 1.82) is 0 Å². The number of rotatable bonds is 7. The first kappa shape index (κ1) is 13.2.